The van der Waals surface area contributed by atoms with Crippen LogP contribution in [0.3, 0.4) is 0 Å². The minimum absolute atomic E-state index is 0.525. The van der Waals surface area contributed by atoms with Gasteiger partial charge in [-0.3, -0.25) is 0 Å². The summed E-state index contributed by atoms with van der Waals surface area (Å²) in [6.07, 6.45) is 0.896. The maximum absolute atomic E-state index is 5.08. The van der Waals surface area contributed by atoms with Crippen molar-refractivity contribution in [3.63, 3.8) is 0 Å². The van der Waals surface area contributed by atoms with Gasteiger partial charge in [-0.2, -0.15) is 0 Å². The zero-order chi connectivity index (χ0) is 7.66. The van der Waals surface area contributed by atoms with Crippen LogP contribution in [0.1, 0.15) is 13.3 Å². The molecule has 10 heavy (non-hydrogen) atoms. The molecule has 0 saturated heterocycles. The second kappa shape index (κ2) is 8.48. The van der Waals surface area contributed by atoms with Gasteiger partial charge in [-0.15, -0.1) is 5.92 Å². The molecule has 0 aliphatic heterocycles. The highest BCUT2D eigenvalue weighted by Gasteiger charge is 1.80. The van der Waals surface area contributed by atoms with Crippen LogP contribution in [-0.4, -0.2) is 26.9 Å². The van der Waals surface area contributed by atoms with E-state index < -0.39 is 0 Å². The van der Waals surface area contributed by atoms with E-state index >= 15 is 0 Å². The SMILES string of the molecule is CCC#CCOCCOC. The van der Waals surface area contributed by atoms with E-state index in [1.807, 2.05) is 6.92 Å². The molecule has 0 atom stereocenters. The van der Waals surface area contributed by atoms with Gasteiger partial charge in [-0.1, -0.05) is 12.8 Å². The Labute approximate surface area is 62.5 Å². The molecule has 0 rings (SSSR count). The highest BCUT2D eigenvalue weighted by molar-refractivity contribution is 4.97. The Hall–Kier alpha value is -0.520. The van der Waals surface area contributed by atoms with Crippen LogP contribution in [0, 0.1) is 11.8 Å². The Balaban J connectivity index is 2.90. The fourth-order valence-electron chi connectivity index (χ4n) is 0.441. The summed E-state index contributed by atoms with van der Waals surface area (Å²) in [5.41, 5.74) is 0. The van der Waals surface area contributed by atoms with Gasteiger partial charge >= 0.3 is 0 Å². The fraction of sp³-hybridized carbons (Fsp3) is 0.750. The summed E-state index contributed by atoms with van der Waals surface area (Å²) in [5, 5.41) is 0. The third kappa shape index (κ3) is 7.48. The van der Waals surface area contributed by atoms with Crippen molar-refractivity contribution in [1.29, 1.82) is 0 Å². The highest BCUT2D eigenvalue weighted by Crippen LogP contribution is 1.74. The summed E-state index contributed by atoms with van der Waals surface area (Å²) >= 11 is 0. The van der Waals surface area contributed by atoms with Crippen molar-refractivity contribution in [3.05, 3.63) is 0 Å². The lowest BCUT2D eigenvalue weighted by Gasteiger charge is -1.96. The number of methoxy groups -OCH3 is 1. The van der Waals surface area contributed by atoms with Crippen LogP contribution < -0.4 is 0 Å². The minimum atomic E-state index is 0.525. The Kier molecular flexibility index (Phi) is 8.04. The van der Waals surface area contributed by atoms with Gasteiger partial charge in [0.1, 0.15) is 6.61 Å². The van der Waals surface area contributed by atoms with Crippen molar-refractivity contribution in [1.82, 2.24) is 0 Å². The lowest BCUT2D eigenvalue weighted by Crippen LogP contribution is -2.01. The lowest BCUT2D eigenvalue weighted by molar-refractivity contribution is 0.0877. The molecule has 0 radical (unpaired) electrons. The van der Waals surface area contributed by atoms with E-state index in [1.165, 1.54) is 0 Å². The van der Waals surface area contributed by atoms with Crippen molar-refractivity contribution in [2.75, 3.05) is 26.9 Å². The second-order valence-corrected chi connectivity index (χ2v) is 1.75. The van der Waals surface area contributed by atoms with Gasteiger partial charge in [0.25, 0.3) is 0 Å². The molecule has 0 aliphatic rings. The first kappa shape index (κ1) is 9.48. The molecular weight excluding hydrogens is 128 g/mol. The van der Waals surface area contributed by atoms with Gasteiger partial charge in [0.2, 0.25) is 0 Å². The van der Waals surface area contributed by atoms with Crippen molar-refractivity contribution in [2.24, 2.45) is 0 Å². The molecule has 0 amide bonds. The zero-order valence-corrected chi connectivity index (χ0v) is 6.64. The largest absolute Gasteiger partial charge is 0.382 e. The van der Waals surface area contributed by atoms with E-state index in [-0.39, 0.29) is 0 Å². The molecule has 0 saturated carbocycles. The maximum Gasteiger partial charge on any atom is 0.107 e. The van der Waals surface area contributed by atoms with Crippen molar-refractivity contribution in [2.45, 2.75) is 13.3 Å². The van der Waals surface area contributed by atoms with Gasteiger partial charge in [-0.05, 0) is 0 Å². The van der Waals surface area contributed by atoms with E-state index in [1.54, 1.807) is 7.11 Å². The molecule has 0 aliphatic carbocycles. The van der Waals surface area contributed by atoms with E-state index in [0.717, 1.165) is 6.42 Å². The molecule has 0 spiro atoms. The summed E-state index contributed by atoms with van der Waals surface area (Å²) in [7, 11) is 1.65. The van der Waals surface area contributed by atoms with Gasteiger partial charge < -0.3 is 9.47 Å². The average molecular weight is 142 g/mol. The van der Waals surface area contributed by atoms with E-state index in [4.69, 9.17) is 9.47 Å². The molecule has 0 bridgehead atoms. The fourth-order valence-corrected chi connectivity index (χ4v) is 0.441. The monoisotopic (exact) mass is 142 g/mol. The van der Waals surface area contributed by atoms with Crippen LogP contribution in [0.15, 0.2) is 0 Å². The van der Waals surface area contributed by atoms with Gasteiger partial charge in [0, 0.05) is 13.5 Å². The summed E-state index contributed by atoms with van der Waals surface area (Å²) in [6, 6.07) is 0. The first-order valence-corrected chi connectivity index (χ1v) is 3.44. The minimum Gasteiger partial charge on any atom is -0.382 e. The first-order valence-electron chi connectivity index (χ1n) is 3.44. The summed E-state index contributed by atoms with van der Waals surface area (Å²) in [4.78, 5) is 0. The lowest BCUT2D eigenvalue weighted by atomic mass is 10.5. The van der Waals surface area contributed by atoms with Crippen molar-refractivity contribution >= 4 is 0 Å². The Morgan fingerprint density at radius 2 is 2.00 bits per heavy atom. The molecule has 0 aromatic carbocycles. The zero-order valence-electron chi connectivity index (χ0n) is 6.64. The van der Waals surface area contributed by atoms with Gasteiger partial charge in [0.05, 0.1) is 13.2 Å². The molecule has 2 nitrogen and oxygen atoms in total. The van der Waals surface area contributed by atoms with E-state index in [9.17, 15) is 0 Å². The summed E-state index contributed by atoms with van der Waals surface area (Å²) in [5.74, 6) is 5.78. The Morgan fingerprint density at radius 3 is 2.60 bits per heavy atom. The normalized spacial score (nSPS) is 8.60. The Bertz CT molecular complexity index is 110. The average Bonchev–Trinajstić information content (AvgIpc) is 1.97. The molecule has 2 heteroatoms. The standard InChI is InChI=1S/C8H14O2/c1-3-4-5-6-10-8-7-9-2/h3,6-8H2,1-2H3. The smallest absolute Gasteiger partial charge is 0.107 e. The molecule has 0 unspecified atom stereocenters. The van der Waals surface area contributed by atoms with Gasteiger partial charge in [-0.25, -0.2) is 0 Å². The third-order valence-corrected chi connectivity index (χ3v) is 0.908. The molecule has 58 valence electrons. The summed E-state index contributed by atoms with van der Waals surface area (Å²) < 4.78 is 9.85. The maximum atomic E-state index is 5.08. The first-order chi connectivity index (χ1) is 4.91. The molecule has 0 N–H and O–H groups in total. The van der Waals surface area contributed by atoms with Crippen LogP contribution >= 0.6 is 0 Å². The second-order valence-electron chi connectivity index (χ2n) is 1.75. The topological polar surface area (TPSA) is 18.5 Å². The number of rotatable bonds is 4. The van der Waals surface area contributed by atoms with E-state index in [2.05, 4.69) is 11.8 Å². The molecule has 0 aromatic heterocycles. The molecule has 0 aromatic rings. The van der Waals surface area contributed by atoms with Crippen LogP contribution in [0.25, 0.3) is 0 Å². The number of ether oxygens (including phenoxy) is 2. The van der Waals surface area contributed by atoms with Crippen LogP contribution in [-0.2, 0) is 9.47 Å². The van der Waals surface area contributed by atoms with Crippen LogP contribution in [0.2, 0.25) is 0 Å². The predicted octanol–water partition coefficient (Wildman–Crippen LogP) is 1.06. The predicted molar refractivity (Wildman–Crippen MR) is 40.8 cm³/mol. The van der Waals surface area contributed by atoms with Crippen molar-refractivity contribution in [3.8, 4) is 11.8 Å². The van der Waals surface area contributed by atoms with E-state index in [0.29, 0.717) is 19.8 Å². The molecule has 0 heterocycles. The van der Waals surface area contributed by atoms with Crippen molar-refractivity contribution < 1.29 is 9.47 Å². The molecular formula is C8H14O2. The summed E-state index contributed by atoms with van der Waals surface area (Å²) in [6.45, 7) is 3.82. The van der Waals surface area contributed by atoms with Crippen LogP contribution in [0.4, 0.5) is 0 Å². The number of hydrogen-bond acceptors (Lipinski definition) is 2. The van der Waals surface area contributed by atoms with Crippen LogP contribution in [0.5, 0.6) is 0 Å². The molecule has 0 fully saturated rings. The Morgan fingerprint density at radius 1 is 1.20 bits per heavy atom. The third-order valence-electron chi connectivity index (χ3n) is 0.908. The van der Waals surface area contributed by atoms with Gasteiger partial charge in [0.15, 0.2) is 0 Å². The highest BCUT2D eigenvalue weighted by atomic mass is 16.5. The quantitative estimate of drug-likeness (QED) is 0.431. The number of hydrogen-bond donors (Lipinski definition) is 0.